The highest BCUT2D eigenvalue weighted by Gasteiger charge is 2.35. The van der Waals surface area contributed by atoms with E-state index in [0.29, 0.717) is 6.54 Å². The van der Waals surface area contributed by atoms with E-state index >= 15 is 0 Å². The lowest BCUT2D eigenvalue weighted by atomic mass is 10.1. The third-order valence-electron chi connectivity index (χ3n) is 4.95. The number of carbonyl (C=O) groups excluding carboxylic acids is 4. The molecule has 1 atom stereocenters. The lowest BCUT2D eigenvalue weighted by molar-refractivity contribution is -0.124. The summed E-state index contributed by atoms with van der Waals surface area (Å²) in [6.07, 6.45) is 1.58. The number of nitrogens with one attached hydrogen (secondary N) is 1. The highest BCUT2D eigenvalue weighted by molar-refractivity contribution is 6.21. The Hall–Kier alpha value is -3.48. The quantitative estimate of drug-likeness (QED) is 0.535. The first kappa shape index (κ1) is 21.2. The second-order valence-electron chi connectivity index (χ2n) is 7.15. The molecule has 0 bridgehead atoms. The van der Waals surface area contributed by atoms with Crippen LogP contribution in [-0.2, 0) is 9.53 Å². The summed E-state index contributed by atoms with van der Waals surface area (Å²) in [4.78, 5) is 50.5. The largest absolute Gasteiger partial charge is 0.452 e. The molecular formula is C23H24N2O5. The molecule has 0 fully saturated rings. The van der Waals surface area contributed by atoms with Gasteiger partial charge in [0.05, 0.1) is 22.7 Å². The van der Waals surface area contributed by atoms with Gasteiger partial charge in [-0.15, -0.1) is 0 Å². The van der Waals surface area contributed by atoms with Crippen molar-refractivity contribution in [3.8, 4) is 0 Å². The Morgan fingerprint density at radius 3 is 2.43 bits per heavy atom. The van der Waals surface area contributed by atoms with Crippen LogP contribution in [0.1, 0.15) is 69.4 Å². The van der Waals surface area contributed by atoms with Crippen LogP contribution in [0.25, 0.3) is 0 Å². The number of fused-ring (bicyclic) bond motifs is 1. The third-order valence-corrected chi connectivity index (χ3v) is 4.95. The van der Waals surface area contributed by atoms with E-state index in [0.717, 1.165) is 18.4 Å². The Labute approximate surface area is 175 Å². The average molecular weight is 408 g/mol. The first-order valence-corrected chi connectivity index (χ1v) is 9.94. The molecule has 2 aromatic carbocycles. The lowest BCUT2D eigenvalue weighted by Gasteiger charge is -2.14. The Morgan fingerprint density at radius 1 is 1.03 bits per heavy atom. The summed E-state index contributed by atoms with van der Waals surface area (Å²) in [7, 11) is 0. The van der Waals surface area contributed by atoms with Crippen molar-refractivity contribution < 1.29 is 23.9 Å². The van der Waals surface area contributed by atoms with Crippen molar-refractivity contribution in [1.29, 1.82) is 0 Å². The van der Waals surface area contributed by atoms with E-state index in [2.05, 4.69) is 5.32 Å². The predicted octanol–water partition coefficient (Wildman–Crippen LogP) is 3.12. The molecule has 156 valence electrons. The van der Waals surface area contributed by atoms with Crippen LogP contribution in [-0.4, -0.2) is 41.7 Å². The van der Waals surface area contributed by atoms with E-state index in [1.165, 1.54) is 23.1 Å². The summed E-state index contributed by atoms with van der Waals surface area (Å²) < 4.78 is 5.08. The first-order valence-electron chi connectivity index (χ1n) is 9.94. The molecule has 0 aromatic heterocycles. The normalized spacial score (nSPS) is 13.7. The summed E-state index contributed by atoms with van der Waals surface area (Å²) in [5, 5.41) is 2.76. The number of benzene rings is 2. The molecule has 1 aliphatic heterocycles. The summed E-state index contributed by atoms with van der Waals surface area (Å²) in [6.45, 7) is 3.72. The number of rotatable bonds is 8. The van der Waals surface area contributed by atoms with E-state index < -0.39 is 24.4 Å². The molecule has 0 aliphatic carbocycles. The van der Waals surface area contributed by atoms with Crippen LogP contribution in [0.4, 0.5) is 0 Å². The molecule has 7 nitrogen and oxygen atoms in total. The van der Waals surface area contributed by atoms with Crippen LogP contribution >= 0.6 is 0 Å². The van der Waals surface area contributed by atoms with E-state index in [1.54, 1.807) is 0 Å². The maximum atomic E-state index is 12.5. The van der Waals surface area contributed by atoms with Gasteiger partial charge < -0.3 is 10.1 Å². The zero-order valence-electron chi connectivity index (χ0n) is 17.0. The van der Waals surface area contributed by atoms with Crippen LogP contribution in [0, 0.1) is 0 Å². The number of amides is 3. The number of hydrogen-bond acceptors (Lipinski definition) is 5. The van der Waals surface area contributed by atoms with Gasteiger partial charge >= 0.3 is 5.97 Å². The van der Waals surface area contributed by atoms with Crippen LogP contribution < -0.4 is 5.32 Å². The monoisotopic (exact) mass is 408 g/mol. The fourth-order valence-electron chi connectivity index (χ4n) is 3.26. The molecule has 0 radical (unpaired) electrons. The van der Waals surface area contributed by atoms with Gasteiger partial charge in [-0.3, -0.25) is 19.3 Å². The van der Waals surface area contributed by atoms with Crippen molar-refractivity contribution in [1.82, 2.24) is 10.2 Å². The average Bonchev–Trinajstić information content (AvgIpc) is 3.00. The number of carbonyl (C=O) groups is 4. The highest BCUT2D eigenvalue weighted by atomic mass is 16.5. The number of unbranched alkanes of at least 4 members (excludes halogenated alkanes) is 1. The smallest absolute Gasteiger partial charge is 0.338 e. The topological polar surface area (TPSA) is 92.8 Å². The minimum absolute atomic E-state index is 0.121. The number of imide groups is 1. The van der Waals surface area contributed by atoms with E-state index in [1.807, 2.05) is 44.2 Å². The van der Waals surface area contributed by atoms with Crippen molar-refractivity contribution >= 4 is 23.7 Å². The van der Waals surface area contributed by atoms with Crippen LogP contribution in [0.5, 0.6) is 0 Å². The molecule has 0 saturated heterocycles. The summed E-state index contributed by atoms with van der Waals surface area (Å²) in [6, 6.07) is 13.4. The van der Waals surface area contributed by atoms with Crippen LogP contribution in [0.2, 0.25) is 0 Å². The molecule has 0 spiro atoms. The molecule has 7 heteroatoms. The second-order valence-corrected chi connectivity index (χ2v) is 7.15. The molecule has 3 rings (SSSR count). The molecule has 2 aromatic rings. The zero-order valence-corrected chi connectivity index (χ0v) is 17.0. The summed E-state index contributed by atoms with van der Waals surface area (Å²) in [5.41, 5.74) is 1.53. The molecule has 3 amide bonds. The summed E-state index contributed by atoms with van der Waals surface area (Å²) >= 11 is 0. The van der Waals surface area contributed by atoms with Gasteiger partial charge in [-0.2, -0.15) is 0 Å². The lowest BCUT2D eigenvalue weighted by Crippen LogP contribution is -2.31. The van der Waals surface area contributed by atoms with Gasteiger partial charge in [0.2, 0.25) is 0 Å². The number of nitrogens with zero attached hydrogens (tertiary/aromatic N) is 1. The Morgan fingerprint density at radius 2 is 1.73 bits per heavy atom. The first-order chi connectivity index (χ1) is 14.4. The molecule has 0 saturated carbocycles. The highest BCUT2D eigenvalue weighted by Crippen LogP contribution is 2.24. The van der Waals surface area contributed by atoms with Crippen molar-refractivity contribution in [3.63, 3.8) is 0 Å². The standard InChI is InChI=1S/C23H24N2O5/c1-3-4-12-25-21(27)18-11-10-17(13-19(18)22(25)28)23(29)30-14-20(26)24-15(2)16-8-6-5-7-9-16/h5-11,13,15H,3-4,12,14H2,1-2H3,(H,24,26). The molecule has 1 aliphatic rings. The maximum Gasteiger partial charge on any atom is 0.338 e. The van der Waals surface area contributed by atoms with Crippen molar-refractivity contribution in [2.75, 3.05) is 13.2 Å². The van der Waals surface area contributed by atoms with E-state index in [4.69, 9.17) is 4.74 Å². The number of hydrogen-bond donors (Lipinski definition) is 1. The van der Waals surface area contributed by atoms with E-state index in [9.17, 15) is 19.2 Å². The maximum absolute atomic E-state index is 12.5. The van der Waals surface area contributed by atoms with E-state index in [-0.39, 0.29) is 28.6 Å². The molecular weight excluding hydrogens is 384 g/mol. The molecule has 30 heavy (non-hydrogen) atoms. The predicted molar refractivity (Wildman–Crippen MR) is 110 cm³/mol. The van der Waals surface area contributed by atoms with Gasteiger partial charge in [0.1, 0.15) is 0 Å². The van der Waals surface area contributed by atoms with Gasteiger partial charge in [0.15, 0.2) is 6.61 Å². The minimum atomic E-state index is -0.729. The van der Waals surface area contributed by atoms with Crippen molar-refractivity contribution in [3.05, 3.63) is 70.8 Å². The fraction of sp³-hybridized carbons (Fsp3) is 0.304. The second kappa shape index (κ2) is 9.35. The molecule has 1 heterocycles. The van der Waals surface area contributed by atoms with Gasteiger partial charge in [0, 0.05) is 6.54 Å². The Bertz CT molecular complexity index is 971. The Balaban J connectivity index is 1.59. The number of ether oxygens (including phenoxy) is 1. The molecule has 1 unspecified atom stereocenters. The SMILES string of the molecule is CCCCN1C(=O)c2ccc(C(=O)OCC(=O)NC(C)c3ccccc3)cc2C1=O. The van der Waals surface area contributed by atoms with Crippen LogP contribution in [0.3, 0.4) is 0 Å². The van der Waals surface area contributed by atoms with Gasteiger partial charge in [0.25, 0.3) is 17.7 Å². The van der Waals surface area contributed by atoms with Crippen LogP contribution in [0.15, 0.2) is 48.5 Å². The van der Waals surface area contributed by atoms with Gasteiger partial charge in [-0.1, -0.05) is 43.7 Å². The van der Waals surface area contributed by atoms with Gasteiger partial charge in [-0.05, 0) is 37.1 Å². The minimum Gasteiger partial charge on any atom is -0.452 e. The molecule has 1 N–H and O–H groups in total. The summed E-state index contributed by atoms with van der Waals surface area (Å²) in [5.74, 6) is -1.92. The number of esters is 1. The Kier molecular flexibility index (Phi) is 6.61. The zero-order chi connectivity index (χ0) is 21.7. The third kappa shape index (κ3) is 4.56. The fourth-order valence-corrected chi connectivity index (χ4v) is 3.26. The van der Waals surface area contributed by atoms with Gasteiger partial charge in [-0.25, -0.2) is 4.79 Å². The van der Waals surface area contributed by atoms with Crippen molar-refractivity contribution in [2.45, 2.75) is 32.7 Å². The van der Waals surface area contributed by atoms with Crippen molar-refractivity contribution in [2.24, 2.45) is 0 Å².